The Kier molecular flexibility index (Phi) is 4.93. The third-order valence-corrected chi connectivity index (χ3v) is 4.66. The first-order chi connectivity index (χ1) is 11.5. The molecular formula is C19H17Cl2N3. The first-order valence-corrected chi connectivity index (χ1v) is 8.30. The predicted octanol–water partition coefficient (Wildman–Crippen LogP) is 4.73. The minimum atomic E-state index is 0.426. The lowest BCUT2D eigenvalue weighted by Gasteiger charge is -2.12. The summed E-state index contributed by atoms with van der Waals surface area (Å²) in [6.07, 6.45) is 1.21. The van der Waals surface area contributed by atoms with Crippen molar-refractivity contribution in [2.45, 2.75) is 12.8 Å². The Hall–Kier alpha value is -2.23. The monoisotopic (exact) mass is 357 g/mol. The summed E-state index contributed by atoms with van der Waals surface area (Å²) < 4.78 is 0. The zero-order chi connectivity index (χ0) is 17.1. The summed E-state index contributed by atoms with van der Waals surface area (Å²) in [5.74, 6) is 0.852. The van der Waals surface area contributed by atoms with Gasteiger partial charge in [0, 0.05) is 22.9 Å². The zero-order valence-electron chi connectivity index (χ0n) is 13.0. The predicted molar refractivity (Wildman–Crippen MR) is 102 cm³/mol. The number of aromatic nitrogens is 1. The van der Waals surface area contributed by atoms with Crippen LogP contribution < -0.4 is 11.5 Å². The molecule has 5 heteroatoms. The summed E-state index contributed by atoms with van der Waals surface area (Å²) in [5.41, 5.74) is 15.9. The summed E-state index contributed by atoms with van der Waals surface area (Å²) in [7, 11) is 0. The molecule has 0 saturated carbocycles. The third kappa shape index (κ3) is 3.64. The standard InChI is InChI=1S/C19H17Cl2N3/c20-16-7-3-1-5-12(16)9-14-11-15(19(23)24-18(14)22)10-13-6-2-4-8-17(13)21/h1-8,11H,9-10H2,(H4,22,23,24). The van der Waals surface area contributed by atoms with Crippen molar-refractivity contribution in [3.8, 4) is 0 Å². The van der Waals surface area contributed by atoms with Crippen molar-refractivity contribution in [3.63, 3.8) is 0 Å². The maximum atomic E-state index is 6.24. The molecule has 0 spiro atoms. The summed E-state index contributed by atoms with van der Waals surface area (Å²) >= 11 is 12.5. The van der Waals surface area contributed by atoms with E-state index in [-0.39, 0.29) is 0 Å². The van der Waals surface area contributed by atoms with Crippen LogP contribution in [0.15, 0.2) is 54.6 Å². The molecule has 0 saturated heterocycles. The van der Waals surface area contributed by atoms with E-state index in [4.69, 9.17) is 34.7 Å². The Balaban J connectivity index is 1.94. The average molecular weight is 358 g/mol. The summed E-state index contributed by atoms with van der Waals surface area (Å²) in [4.78, 5) is 4.29. The maximum Gasteiger partial charge on any atom is 0.129 e. The van der Waals surface area contributed by atoms with Crippen LogP contribution in [0.5, 0.6) is 0 Å². The van der Waals surface area contributed by atoms with Gasteiger partial charge in [-0.15, -0.1) is 0 Å². The molecule has 0 aliphatic heterocycles. The number of anilines is 2. The van der Waals surface area contributed by atoms with Gasteiger partial charge in [0.05, 0.1) is 0 Å². The van der Waals surface area contributed by atoms with Gasteiger partial charge in [-0.3, -0.25) is 0 Å². The lowest BCUT2D eigenvalue weighted by Crippen LogP contribution is -2.06. The van der Waals surface area contributed by atoms with E-state index in [0.29, 0.717) is 34.5 Å². The first kappa shape index (κ1) is 16.6. The van der Waals surface area contributed by atoms with Crippen molar-refractivity contribution in [1.82, 2.24) is 4.98 Å². The third-order valence-electron chi connectivity index (χ3n) is 3.92. The van der Waals surface area contributed by atoms with Crippen LogP contribution in [0.25, 0.3) is 0 Å². The minimum Gasteiger partial charge on any atom is -0.383 e. The average Bonchev–Trinajstić information content (AvgIpc) is 2.56. The maximum absolute atomic E-state index is 6.24. The second-order valence-corrected chi connectivity index (χ2v) is 6.43. The molecule has 2 aromatic carbocycles. The number of nitrogens with zero attached hydrogens (tertiary/aromatic N) is 1. The van der Waals surface area contributed by atoms with Gasteiger partial charge < -0.3 is 11.5 Å². The van der Waals surface area contributed by atoms with Crippen LogP contribution in [0.4, 0.5) is 11.6 Å². The van der Waals surface area contributed by atoms with Crippen LogP contribution in [0.2, 0.25) is 10.0 Å². The van der Waals surface area contributed by atoms with E-state index in [1.807, 2.05) is 54.6 Å². The van der Waals surface area contributed by atoms with Gasteiger partial charge >= 0.3 is 0 Å². The van der Waals surface area contributed by atoms with Crippen molar-refractivity contribution in [2.24, 2.45) is 0 Å². The van der Waals surface area contributed by atoms with Gasteiger partial charge in [-0.25, -0.2) is 4.98 Å². The fourth-order valence-electron chi connectivity index (χ4n) is 2.61. The molecule has 1 heterocycles. The molecule has 0 aliphatic rings. The smallest absolute Gasteiger partial charge is 0.129 e. The fraction of sp³-hybridized carbons (Fsp3) is 0.105. The van der Waals surface area contributed by atoms with E-state index >= 15 is 0 Å². The van der Waals surface area contributed by atoms with Crippen molar-refractivity contribution in [2.75, 3.05) is 11.5 Å². The lowest BCUT2D eigenvalue weighted by molar-refractivity contribution is 1.10. The number of nitrogen functional groups attached to an aromatic ring is 2. The van der Waals surface area contributed by atoms with E-state index in [1.54, 1.807) is 0 Å². The number of rotatable bonds is 4. The van der Waals surface area contributed by atoms with Gasteiger partial charge in [-0.05, 0) is 40.5 Å². The highest BCUT2D eigenvalue weighted by molar-refractivity contribution is 6.31. The van der Waals surface area contributed by atoms with E-state index in [2.05, 4.69) is 4.98 Å². The molecule has 3 nitrogen and oxygen atoms in total. The van der Waals surface area contributed by atoms with E-state index in [9.17, 15) is 0 Å². The van der Waals surface area contributed by atoms with Crippen molar-refractivity contribution in [3.05, 3.63) is 86.9 Å². The summed E-state index contributed by atoms with van der Waals surface area (Å²) in [6, 6.07) is 17.4. The van der Waals surface area contributed by atoms with E-state index < -0.39 is 0 Å². The van der Waals surface area contributed by atoms with Gasteiger partial charge in [0.1, 0.15) is 11.6 Å². The number of hydrogen-bond acceptors (Lipinski definition) is 3. The second kappa shape index (κ2) is 7.12. The van der Waals surface area contributed by atoms with Crippen molar-refractivity contribution < 1.29 is 0 Å². The Morgan fingerprint density at radius 1 is 0.667 bits per heavy atom. The second-order valence-electron chi connectivity index (χ2n) is 5.61. The molecule has 0 fully saturated rings. The molecule has 24 heavy (non-hydrogen) atoms. The topological polar surface area (TPSA) is 64.9 Å². The number of nitrogens with two attached hydrogens (primary N) is 2. The van der Waals surface area contributed by atoms with Crippen molar-refractivity contribution in [1.29, 1.82) is 0 Å². The molecule has 0 radical (unpaired) electrons. The fourth-order valence-corrected chi connectivity index (χ4v) is 3.01. The highest BCUT2D eigenvalue weighted by Crippen LogP contribution is 2.27. The molecule has 0 amide bonds. The number of benzene rings is 2. The Labute approximate surface area is 151 Å². The van der Waals surface area contributed by atoms with Crippen LogP contribution in [-0.4, -0.2) is 4.98 Å². The molecule has 3 rings (SSSR count). The Morgan fingerprint density at radius 2 is 1.08 bits per heavy atom. The number of halogens is 2. The molecule has 1 aromatic heterocycles. The van der Waals surface area contributed by atoms with Crippen LogP contribution in [-0.2, 0) is 12.8 Å². The van der Waals surface area contributed by atoms with Crippen molar-refractivity contribution >= 4 is 34.8 Å². The number of hydrogen-bond donors (Lipinski definition) is 2. The zero-order valence-corrected chi connectivity index (χ0v) is 14.5. The van der Waals surface area contributed by atoms with E-state index in [0.717, 1.165) is 22.3 Å². The van der Waals surface area contributed by atoms with Gasteiger partial charge in [0.2, 0.25) is 0 Å². The Morgan fingerprint density at radius 3 is 1.50 bits per heavy atom. The van der Waals surface area contributed by atoms with Crippen LogP contribution in [0, 0.1) is 0 Å². The first-order valence-electron chi connectivity index (χ1n) is 7.55. The quantitative estimate of drug-likeness (QED) is 0.708. The van der Waals surface area contributed by atoms with E-state index in [1.165, 1.54) is 0 Å². The molecule has 0 unspecified atom stereocenters. The highest BCUT2D eigenvalue weighted by Gasteiger charge is 2.11. The summed E-state index contributed by atoms with van der Waals surface area (Å²) in [5, 5.41) is 1.42. The summed E-state index contributed by atoms with van der Waals surface area (Å²) in [6.45, 7) is 0. The molecule has 0 aliphatic carbocycles. The molecule has 0 atom stereocenters. The molecule has 3 aromatic rings. The largest absolute Gasteiger partial charge is 0.383 e. The number of pyridine rings is 1. The molecule has 0 bridgehead atoms. The molecule has 4 N–H and O–H groups in total. The minimum absolute atomic E-state index is 0.426. The van der Waals surface area contributed by atoms with Crippen LogP contribution >= 0.6 is 23.2 Å². The van der Waals surface area contributed by atoms with Gasteiger partial charge in [-0.1, -0.05) is 59.6 Å². The van der Waals surface area contributed by atoms with Gasteiger partial charge in [-0.2, -0.15) is 0 Å². The Bertz CT molecular complexity index is 809. The van der Waals surface area contributed by atoms with Crippen LogP contribution in [0.3, 0.4) is 0 Å². The lowest BCUT2D eigenvalue weighted by atomic mass is 10.00. The highest BCUT2D eigenvalue weighted by atomic mass is 35.5. The van der Waals surface area contributed by atoms with Gasteiger partial charge in [0.15, 0.2) is 0 Å². The van der Waals surface area contributed by atoms with Crippen LogP contribution in [0.1, 0.15) is 22.3 Å². The molecular weight excluding hydrogens is 341 g/mol. The van der Waals surface area contributed by atoms with Gasteiger partial charge in [0.25, 0.3) is 0 Å². The normalized spacial score (nSPS) is 10.8. The molecule has 122 valence electrons. The SMILES string of the molecule is Nc1nc(N)c(Cc2ccccc2Cl)cc1Cc1ccccc1Cl.